The number of esters is 1. The Bertz CT molecular complexity index is 871. The van der Waals surface area contributed by atoms with Gasteiger partial charge in [0.1, 0.15) is 5.75 Å². The highest BCUT2D eigenvalue weighted by Gasteiger charge is 2.12. The summed E-state index contributed by atoms with van der Waals surface area (Å²) in [5.41, 5.74) is 2.84. The van der Waals surface area contributed by atoms with E-state index < -0.39 is 5.97 Å². The smallest absolute Gasteiger partial charge is 0.343 e. The Balaban J connectivity index is 1.80. The highest BCUT2D eigenvalue weighted by Crippen LogP contribution is 2.24. The van der Waals surface area contributed by atoms with Crippen molar-refractivity contribution in [3.63, 3.8) is 0 Å². The Morgan fingerprint density at radius 2 is 1.54 bits per heavy atom. The van der Waals surface area contributed by atoms with Gasteiger partial charge in [-0.15, -0.1) is 0 Å². The average molecular weight is 381 g/mol. The van der Waals surface area contributed by atoms with Gasteiger partial charge in [0.05, 0.1) is 11.1 Å². The van der Waals surface area contributed by atoms with Gasteiger partial charge in [-0.1, -0.05) is 58.4 Å². The number of benzene rings is 3. The minimum Gasteiger partial charge on any atom is -0.422 e. The van der Waals surface area contributed by atoms with Crippen molar-refractivity contribution in [2.75, 3.05) is 0 Å². The summed E-state index contributed by atoms with van der Waals surface area (Å²) >= 11 is 3.28. The molecule has 24 heavy (non-hydrogen) atoms. The maximum atomic E-state index is 12.3. The van der Waals surface area contributed by atoms with E-state index in [-0.39, 0.29) is 5.75 Å². The zero-order valence-corrected chi connectivity index (χ0v) is 14.2. The van der Waals surface area contributed by atoms with E-state index in [1.165, 1.54) is 0 Å². The van der Waals surface area contributed by atoms with Crippen molar-refractivity contribution in [3.05, 3.63) is 88.4 Å². The van der Waals surface area contributed by atoms with Gasteiger partial charge in [-0.05, 0) is 41.5 Å². The van der Waals surface area contributed by atoms with E-state index in [9.17, 15) is 9.59 Å². The van der Waals surface area contributed by atoms with Gasteiger partial charge in [-0.25, -0.2) is 4.79 Å². The fourth-order valence-corrected chi connectivity index (χ4v) is 2.67. The lowest BCUT2D eigenvalue weighted by molar-refractivity contribution is 0.0733. The molecule has 0 aromatic heterocycles. The van der Waals surface area contributed by atoms with Crippen LogP contribution in [-0.4, -0.2) is 12.3 Å². The maximum Gasteiger partial charge on any atom is 0.343 e. The molecule has 0 bridgehead atoms. The normalized spacial score (nSPS) is 10.2. The predicted molar refractivity (Wildman–Crippen MR) is 96.4 cm³/mol. The van der Waals surface area contributed by atoms with Crippen LogP contribution in [0.25, 0.3) is 11.1 Å². The molecule has 3 aromatic rings. The van der Waals surface area contributed by atoms with Crippen molar-refractivity contribution in [2.24, 2.45) is 0 Å². The topological polar surface area (TPSA) is 43.4 Å². The molecule has 118 valence electrons. The Labute approximate surface area is 148 Å². The number of halogens is 1. The zero-order chi connectivity index (χ0) is 16.9. The molecule has 3 nitrogen and oxygen atoms in total. The van der Waals surface area contributed by atoms with Crippen molar-refractivity contribution >= 4 is 28.2 Å². The SMILES string of the molecule is O=Cc1cc(Br)ccc1OC(=O)c1ccc(-c2ccccc2)cc1. The molecule has 0 aliphatic carbocycles. The lowest BCUT2D eigenvalue weighted by atomic mass is 10.0. The molecule has 0 N–H and O–H groups in total. The first-order chi connectivity index (χ1) is 11.7. The predicted octanol–water partition coefficient (Wildman–Crippen LogP) is 5.15. The monoisotopic (exact) mass is 380 g/mol. The fourth-order valence-electron chi connectivity index (χ4n) is 2.29. The molecule has 0 radical (unpaired) electrons. The molecule has 0 fully saturated rings. The highest BCUT2D eigenvalue weighted by molar-refractivity contribution is 9.10. The lowest BCUT2D eigenvalue weighted by Gasteiger charge is -2.08. The standard InChI is InChI=1S/C20H13BrO3/c21-18-10-11-19(17(12-18)13-22)24-20(23)16-8-6-15(7-9-16)14-4-2-1-3-5-14/h1-13H. The van der Waals surface area contributed by atoms with E-state index in [1.54, 1.807) is 30.3 Å². The third-order valence-corrected chi connectivity index (χ3v) is 4.02. The Morgan fingerprint density at radius 1 is 0.875 bits per heavy atom. The van der Waals surface area contributed by atoms with Gasteiger partial charge in [0.15, 0.2) is 6.29 Å². The number of ether oxygens (including phenoxy) is 1. The highest BCUT2D eigenvalue weighted by atomic mass is 79.9. The lowest BCUT2D eigenvalue weighted by Crippen LogP contribution is -2.09. The molecule has 0 aliphatic heterocycles. The first-order valence-electron chi connectivity index (χ1n) is 7.30. The molecular weight excluding hydrogens is 368 g/mol. The van der Waals surface area contributed by atoms with Crippen LogP contribution in [0.4, 0.5) is 0 Å². The Kier molecular flexibility index (Phi) is 4.87. The van der Waals surface area contributed by atoms with Gasteiger partial charge in [-0.2, -0.15) is 0 Å². The summed E-state index contributed by atoms with van der Waals surface area (Å²) in [5.74, 6) is -0.259. The Hall–Kier alpha value is -2.72. The van der Waals surface area contributed by atoms with Crippen molar-refractivity contribution in [3.8, 4) is 16.9 Å². The molecular formula is C20H13BrO3. The van der Waals surface area contributed by atoms with Crippen LogP contribution in [0.5, 0.6) is 5.75 Å². The molecule has 0 atom stereocenters. The van der Waals surface area contributed by atoms with Crippen LogP contribution in [-0.2, 0) is 0 Å². The summed E-state index contributed by atoms with van der Waals surface area (Å²) in [6, 6.07) is 22.0. The molecule has 0 heterocycles. The fraction of sp³-hybridized carbons (Fsp3) is 0. The van der Waals surface area contributed by atoms with Gasteiger partial charge in [0.2, 0.25) is 0 Å². The van der Waals surface area contributed by atoms with Crippen LogP contribution >= 0.6 is 15.9 Å². The van der Waals surface area contributed by atoms with E-state index in [1.807, 2.05) is 42.5 Å². The van der Waals surface area contributed by atoms with Crippen molar-refractivity contribution < 1.29 is 14.3 Å². The number of carbonyl (C=O) groups excluding carboxylic acids is 2. The number of hydrogen-bond acceptors (Lipinski definition) is 3. The second-order valence-corrected chi connectivity index (χ2v) is 6.05. The summed E-state index contributed by atoms with van der Waals surface area (Å²) in [5, 5.41) is 0. The molecule has 0 aliphatic rings. The molecule has 3 aromatic carbocycles. The molecule has 0 spiro atoms. The number of hydrogen-bond donors (Lipinski definition) is 0. The third-order valence-electron chi connectivity index (χ3n) is 3.53. The quantitative estimate of drug-likeness (QED) is 0.357. The minimum absolute atomic E-state index is 0.241. The average Bonchev–Trinajstić information content (AvgIpc) is 2.64. The van der Waals surface area contributed by atoms with Gasteiger partial charge < -0.3 is 4.74 Å². The van der Waals surface area contributed by atoms with Crippen LogP contribution in [0.1, 0.15) is 20.7 Å². The molecule has 0 unspecified atom stereocenters. The first kappa shape index (κ1) is 16.1. The third kappa shape index (κ3) is 3.60. The summed E-state index contributed by atoms with van der Waals surface area (Å²) < 4.78 is 6.08. The van der Waals surface area contributed by atoms with E-state index in [4.69, 9.17) is 4.74 Å². The second kappa shape index (κ2) is 7.23. The molecule has 0 saturated carbocycles. The van der Waals surface area contributed by atoms with E-state index in [0.29, 0.717) is 17.4 Å². The van der Waals surface area contributed by atoms with Gasteiger partial charge in [0, 0.05) is 4.47 Å². The van der Waals surface area contributed by atoms with Crippen LogP contribution in [0, 0.1) is 0 Å². The van der Waals surface area contributed by atoms with Crippen LogP contribution in [0.3, 0.4) is 0 Å². The molecule has 0 saturated heterocycles. The van der Waals surface area contributed by atoms with E-state index in [2.05, 4.69) is 15.9 Å². The summed E-state index contributed by atoms with van der Waals surface area (Å²) in [6.45, 7) is 0. The molecule has 0 amide bonds. The van der Waals surface area contributed by atoms with Crippen molar-refractivity contribution in [1.82, 2.24) is 0 Å². The van der Waals surface area contributed by atoms with Crippen molar-refractivity contribution in [2.45, 2.75) is 0 Å². The van der Waals surface area contributed by atoms with E-state index in [0.717, 1.165) is 15.6 Å². The van der Waals surface area contributed by atoms with Gasteiger partial charge in [-0.3, -0.25) is 4.79 Å². The van der Waals surface area contributed by atoms with Crippen LogP contribution in [0.2, 0.25) is 0 Å². The minimum atomic E-state index is -0.500. The summed E-state index contributed by atoms with van der Waals surface area (Å²) in [4.78, 5) is 23.4. The van der Waals surface area contributed by atoms with Crippen LogP contribution in [0.15, 0.2) is 77.3 Å². The molecule has 4 heteroatoms. The first-order valence-corrected chi connectivity index (χ1v) is 8.09. The summed E-state index contributed by atoms with van der Waals surface area (Å²) in [6.07, 6.45) is 0.659. The van der Waals surface area contributed by atoms with E-state index >= 15 is 0 Å². The van der Waals surface area contributed by atoms with Crippen LogP contribution < -0.4 is 4.74 Å². The largest absolute Gasteiger partial charge is 0.422 e. The van der Waals surface area contributed by atoms with Gasteiger partial charge >= 0.3 is 5.97 Å². The Morgan fingerprint density at radius 3 is 2.21 bits per heavy atom. The molecule has 3 rings (SSSR count). The number of rotatable bonds is 4. The summed E-state index contributed by atoms with van der Waals surface area (Å²) in [7, 11) is 0. The van der Waals surface area contributed by atoms with Crippen molar-refractivity contribution in [1.29, 1.82) is 0 Å². The second-order valence-electron chi connectivity index (χ2n) is 5.13. The maximum absolute atomic E-state index is 12.3. The van der Waals surface area contributed by atoms with Gasteiger partial charge in [0.25, 0.3) is 0 Å². The number of aldehydes is 1. The number of carbonyl (C=O) groups is 2. The zero-order valence-electron chi connectivity index (χ0n) is 12.6.